The molecule has 0 saturated carbocycles. The maximum atomic E-state index is 12.4. The number of carbonyl (C=O) groups excluding carboxylic acids is 1. The van der Waals surface area contributed by atoms with Crippen LogP contribution in [-0.4, -0.2) is 24.1 Å². The number of rotatable bonds is 4. The van der Waals surface area contributed by atoms with Gasteiger partial charge >= 0.3 is 0 Å². The molecule has 1 amide bonds. The van der Waals surface area contributed by atoms with E-state index >= 15 is 0 Å². The first-order valence-corrected chi connectivity index (χ1v) is 7.78. The number of amides is 1. The largest absolute Gasteiger partial charge is 0.337 e. The van der Waals surface area contributed by atoms with Gasteiger partial charge in [0.25, 0.3) is 5.91 Å². The van der Waals surface area contributed by atoms with Gasteiger partial charge in [-0.2, -0.15) is 0 Å². The van der Waals surface area contributed by atoms with Crippen molar-refractivity contribution in [1.29, 1.82) is 0 Å². The molecular formula is C17H19NOS. The normalized spacial score (nSPS) is 10.3. The Labute approximate surface area is 124 Å². The van der Waals surface area contributed by atoms with Gasteiger partial charge in [0.2, 0.25) is 0 Å². The monoisotopic (exact) mass is 285 g/mol. The zero-order chi connectivity index (χ0) is 14.5. The highest BCUT2D eigenvalue weighted by Gasteiger charge is 2.12. The SMILES string of the molecule is CSc1ccc(C(=O)N(C)Cc2ccccc2C)cc1. The first kappa shape index (κ1) is 14.7. The second kappa shape index (κ2) is 6.62. The Morgan fingerprint density at radius 2 is 1.75 bits per heavy atom. The van der Waals surface area contributed by atoms with Gasteiger partial charge in [-0.1, -0.05) is 24.3 Å². The van der Waals surface area contributed by atoms with Crippen LogP contribution >= 0.6 is 11.8 Å². The molecule has 0 aromatic heterocycles. The van der Waals surface area contributed by atoms with Gasteiger partial charge in [0.1, 0.15) is 0 Å². The molecular weight excluding hydrogens is 266 g/mol. The van der Waals surface area contributed by atoms with Crippen molar-refractivity contribution in [3.8, 4) is 0 Å². The summed E-state index contributed by atoms with van der Waals surface area (Å²) in [4.78, 5) is 15.3. The molecule has 0 aliphatic rings. The van der Waals surface area contributed by atoms with E-state index in [4.69, 9.17) is 0 Å². The maximum Gasteiger partial charge on any atom is 0.253 e. The number of carbonyl (C=O) groups is 1. The number of aryl methyl sites for hydroxylation is 1. The van der Waals surface area contributed by atoms with Gasteiger partial charge < -0.3 is 4.90 Å². The van der Waals surface area contributed by atoms with Crippen LogP contribution in [0.5, 0.6) is 0 Å². The van der Waals surface area contributed by atoms with Gasteiger partial charge in [0.05, 0.1) is 0 Å². The van der Waals surface area contributed by atoms with Gasteiger partial charge in [-0.25, -0.2) is 0 Å². The average molecular weight is 285 g/mol. The van der Waals surface area contributed by atoms with Crippen molar-refractivity contribution < 1.29 is 4.79 Å². The van der Waals surface area contributed by atoms with Crippen LogP contribution in [0.1, 0.15) is 21.5 Å². The predicted octanol–water partition coefficient (Wildman–Crippen LogP) is 3.99. The zero-order valence-electron chi connectivity index (χ0n) is 12.1. The van der Waals surface area contributed by atoms with Gasteiger partial charge in [-0.15, -0.1) is 11.8 Å². The van der Waals surface area contributed by atoms with Crippen LogP contribution in [-0.2, 0) is 6.54 Å². The number of thioether (sulfide) groups is 1. The third kappa shape index (κ3) is 3.42. The van der Waals surface area contributed by atoms with Gasteiger partial charge in [0, 0.05) is 24.1 Å². The fraction of sp³-hybridized carbons (Fsp3) is 0.235. The third-order valence-electron chi connectivity index (χ3n) is 3.35. The Morgan fingerprint density at radius 1 is 1.10 bits per heavy atom. The van der Waals surface area contributed by atoms with Crippen LogP contribution < -0.4 is 0 Å². The first-order chi connectivity index (χ1) is 9.61. The van der Waals surface area contributed by atoms with Gasteiger partial charge in [0.15, 0.2) is 0 Å². The van der Waals surface area contributed by atoms with Crippen molar-refractivity contribution in [3.63, 3.8) is 0 Å². The summed E-state index contributed by atoms with van der Waals surface area (Å²) in [5, 5.41) is 0. The molecule has 0 atom stereocenters. The van der Waals surface area contributed by atoms with Crippen LogP contribution in [0.15, 0.2) is 53.4 Å². The Hall–Kier alpha value is -1.74. The fourth-order valence-corrected chi connectivity index (χ4v) is 2.48. The second-order valence-electron chi connectivity index (χ2n) is 4.82. The summed E-state index contributed by atoms with van der Waals surface area (Å²) in [7, 11) is 1.84. The minimum Gasteiger partial charge on any atom is -0.337 e. The molecule has 104 valence electrons. The summed E-state index contributed by atoms with van der Waals surface area (Å²) in [6, 6.07) is 15.9. The molecule has 0 heterocycles. The number of nitrogens with zero attached hydrogens (tertiary/aromatic N) is 1. The van der Waals surface area contributed by atoms with Crippen molar-refractivity contribution in [2.45, 2.75) is 18.4 Å². The lowest BCUT2D eigenvalue weighted by Gasteiger charge is -2.18. The highest BCUT2D eigenvalue weighted by atomic mass is 32.2. The van der Waals surface area contributed by atoms with Crippen molar-refractivity contribution in [3.05, 3.63) is 65.2 Å². The predicted molar refractivity (Wildman–Crippen MR) is 85.2 cm³/mol. The van der Waals surface area contributed by atoms with Crippen LogP contribution in [0, 0.1) is 6.92 Å². The molecule has 2 aromatic rings. The Balaban J connectivity index is 2.10. The molecule has 0 N–H and O–H groups in total. The highest BCUT2D eigenvalue weighted by molar-refractivity contribution is 7.98. The van der Waals surface area contributed by atoms with Crippen LogP contribution in [0.4, 0.5) is 0 Å². The first-order valence-electron chi connectivity index (χ1n) is 6.56. The number of benzene rings is 2. The van der Waals surface area contributed by atoms with E-state index in [2.05, 4.69) is 19.1 Å². The summed E-state index contributed by atoms with van der Waals surface area (Å²) < 4.78 is 0. The number of hydrogen-bond acceptors (Lipinski definition) is 2. The summed E-state index contributed by atoms with van der Waals surface area (Å²) in [5.41, 5.74) is 3.13. The molecule has 0 spiro atoms. The molecule has 0 fully saturated rings. The molecule has 0 radical (unpaired) electrons. The molecule has 0 saturated heterocycles. The summed E-state index contributed by atoms with van der Waals surface area (Å²) in [6.45, 7) is 2.71. The lowest BCUT2D eigenvalue weighted by Crippen LogP contribution is -2.26. The topological polar surface area (TPSA) is 20.3 Å². The minimum absolute atomic E-state index is 0.0564. The van der Waals surface area contributed by atoms with Crippen LogP contribution in [0.2, 0.25) is 0 Å². The standard InChI is InChI=1S/C17H19NOS/c1-13-6-4-5-7-15(13)12-18(2)17(19)14-8-10-16(20-3)11-9-14/h4-11H,12H2,1-3H3. The lowest BCUT2D eigenvalue weighted by atomic mass is 10.1. The molecule has 2 aromatic carbocycles. The maximum absolute atomic E-state index is 12.4. The Morgan fingerprint density at radius 3 is 2.35 bits per heavy atom. The van der Waals surface area contributed by atoms with E-state index in [9.17, 15) is 4.79 Å². The minimum atomic E-state index is 0.0564. The van der Waals surface area contributed by atoms with Crippen molar-refractivity contribution in [2.24, 2.45) is 0 Å². The number of hydrogen-bond donors (Lipinski definition) is 0. The molecule has 0 bridgehead atoms. The highest BCUT2D eigenvalue weighted by Crippen LogP contribution is 2.17. The molecule has 0 aliphatic carbocycles. The average Bonchev–Trinajstić information content (AvgIpc) is 2.49. The summed E-state index contributed by atoms with van der Waals surface area (Å²) >= 11 is 1.68. The van der Waals surface area contributed by atoms with Crippen molar-refractivity contribution >= 4 is 17.7 Å². The summed E-state index contributed by atoms with van der Waals surface area (Å²) in [5.74, 6) is 0.0564. The fourth-order valence-electron chi connectivity index (χ4n) is 2.07. The van der Waals surface area contributed by atoms with E-state index in [0.29, 0.717) is 6.54 Å². The van der Waals surface area contributed by atoms with E-state index in [-0.39, 0.29) is 5.91 Å². The molecule has 20 heavy (non-hydrogen) atoms. The Kier molecular flexibility index (Phi) is 4.85. The second-order valence-corrected chi connectivity index (χ2v) is 5.70. The van der Waals surface area contributed by atoms with E-state index in [1.165, 1.54) is 16.0 Å². The van der Waals surface area contributed by atoms with E-state index in [0.717, 1.165) is 5.56 Å². The Bertz CT molecular complexity index is 592. The van der Waals surface area contributed by atoms with Crippen molar-refractivity contribution in [2.75, 3.05) is 13.3 Å². The molecule has 3 heteroatoms. The molecule has 2 rings (SSSR count). The quantitative estimate of drug-likeness (QED) is 0.792. The molecule has 2 nitrogen and oxygen atoms in total. The van der Waals surface area contributed by atoms with Crippen LogP contribution in [0.3, 0.4) is 0 Å². The molecule has 0 unspecified atom stereocenters. The summed E-state index contributed by atoms with van der Waals surface area (Å²) in [6.07, 6.45) is 2.03. The van der Waals surface area contributed by atoms with Crippen LogP contribution in [0.25, 0.3) is 0 Å². The van der Waals surface area contributed by atoms with E-state index in [1.54, 1.807) is 16.7 Å². The van der Waals surface area contributed by atoms with E-state index < -0.39 is 0 Å². The zero-order valence-corrected chi connectivity index (χ0v) is 12.9. The molecule has 0 aliphatic heterocycles. The van der Waals surface area contributed by atoms with Crippen molar-refractivity contribution in [1.82, 2.24) is 4.90 Å². The third-order valence-corrected chi connectivity index (χ3v) is 4.10. The smallest absolute Gasteiger partial charge is 0.253 e. The van der Waals surface area contributed by atoms with E-state index in [1.807, 2.05) is 49.7 Å². The van der Waals surface area contributed by atoms with Gasteiger partial charge in [-0.3, -0.25) is 4.79 Å². The lowest BCUT2D eigenvalue weighted by molar-refractivity contribution is 0.0785. The van der Waals surface area contributed by atoms with Gasteiger partial charge in [-0.05, 0) is 48.6 Å².